The summed E-state index contributed by atoms with van der Waals surface area (Å²) in [7, 11) is 1.71. The van der Waals surface area contributed by atoms with Crippen LogP contribution in [-0.2, 0) is 11.3 Å². The standard InChI is InChI=1S/C15H21N3OS/c1-10-7-11(2)14(12(3)8-10)15-13(20-18-17-15)9-16-5-6-19-4/h7-8,16H,5-6,9H2,1-4H3. The van der Waals surface area contributed by atoms with Gasteiger partial charge >= 0.3 is 0 Å². The lowest BCUT2D eigenvalue weighted by Crippen LogP contribution is -2.18. The van der Waals surface area contributed by atoms with Gasteiger partial charge in [-0.1, -0.05) is 22.2 Å². The Hall–Kier alpha value is -1.30. The molecule has 0 unspecified atom stereocenters. The second-order valence-corrected chi connectivity index (χ2v) is 5.83. The van der Waals surface area contributed by atoms with E-state index in [9.17, 15) is 0 Å². The van der Waals surface area contributed by atoms with Crippen molar-refractivity contribution in [2.24, 2.45) is 0 Å². The Balaban J connectivity index is 2.24. The van der Waals surface area contributed by atoms with E-state index in [-0.39, 0.29) is 0 Å². The van der Waals surface area contributed by atoms with Gasteiger partial charge in [0, 0.05) is 25.8 Å². The average molecular weight is 291 g/mol. The van der Waals surface area contributed by atoms with Crippen LogP contribution in [0.3, 0.4) is 0 Å². The van der Waals surface area contributed by atoms with Gasteiger partial charge in [-0.2, -0.15) is 0 Å². The quantitative estimate of drug-likeness (QED) is 0.831. The molecule has 0 bridgehead atoms. The van der Waals surface area contributed by atoms with E-state index in [1.165, 1.54) is 38.7 Å². The first kappa shape index (κ1) is 15.1. The van der Waals surface area contributed by atoms with Crippen molar-refractivity contribution in [3.63, 3.8) is 0 Å². The van der Waals surface area contributed by atoms with E-state index in [0.29, 0.717) is 6.61 Å². The molecule has 0 saturated carbocycles. The summed E-state index contributed by atoms with van der Waals surface area (Å²) in [6.45, 7) is 8.72. The van der Waals surface area contributed by atoms with Crippen LogP contribution in [0.25, 0.3) is 11.3 Å². The van der Waals surface area contributed by atoms with Crippen molar-refractivity contribution >= 4 is 11.5 Å². The van der Waals surface area contributed by atoms with Crippen LogP contribution in [0.2, 0.25) is 0 Å². The monoisotopic (exact) mass is 291 g/mol. The van der Waals surface area contributed by atoms with E-state index in [4.69, 9.17) is 4.74 Å². The van der Waals surface area contributed by atoms with E-state index in [1.54, 1.807) is 7.11 Å². The van der Waals surface area contributed by atoms with Gasteiger partial charge in [0.15, 0.2) is 0 Å². The molecule has 1 heterocycles. The molecule has 2 rings (SSSR count). The summed E-state index contributed by atoms with van der Waals surface area (Å²) in [5.41, 5.74) is 6.02. The molecule has 0 aliphatic heterocycles. The molecule has 0 saturated heterocycles. The Morgan fingerprint density at radius 3 is 2.55 bits per heavy atom. The maximum absolute atomic E-state index is 5.04. The third-order valence-electron chi connectivity index (χ3n) is 3.24. The predicted molar refractivity (Wildman–Crippen MR) is 83.1 cm³/mol. The summed E-state index contributed by atoms with van der Waals surface area (Å²) >= 11 is 1.46. The first-order chi connectivity index (χ1) is 9.63. The fraction of sp³-hybridized carbons (Fsp3) is 0.467. The van der Waals surface area contributed by atoms with E-state index < -0.39 is 0 Å². The summed E-state index contributed by atoms with van der Waals surface area (Å²) in [5.74, 6) is 0. The molecule has 5 heteroatoms. The number of rotatable bonds is 6. The number of hydrogen-bond donors (Lipinski definition) is 1. The van der Waals surface area contributed by atoms with Crippen LogP contribution in [-0.4, -0.2) is 29.8 Å². The Labute approximate surface area is 124 Å². The molecule has 0 radical (unpaired) electrons. The number of aryl methyl sites for hydroxylation is 3. The maximum atomic E-state index is 5.04. The second-order valence-electron chi connectivity index (χ2n) is 4.99. The molecule has 2 aromatic rings. The molecule has 1 aromatic carbocycles. The third kappa shape index (κ3) is 3.42. The highest BCUT2D eigenvalue weighted by molar-refractivity contribution is 7.05. The van der Waals surface area contributed by atoms with Crippen molar-refractivity contribution in [2.45, 2.75) is 27.3 Å². The summed E-state index contributed by atoms with van der Waals surface area (Å²) in [5, 5.41) is 7.69. The highest BCUT2D eigenvalue weighted by Crippen LogP contribution is 2.30. The van der Waals surface area contributed by atoms with Crippen LogP contribution >= 0.6 is 11.5 Å². The summed E-state index contributed by atoms with van der Waals surface area (Å²) < 4.78 is 9.16. The van der Waals surface area contributed by atoms with Crippen molar-refractivity contribution in [3.05, 3.63) is 33.7 Å². The lowest BCUT2D eigenvalue weighted by atomic mass is 9.97. The third-order valence-corrected chi connectivity index (χ3v) is 3.96. The molecule has 0 aliphatic rings. The van der Waals surface area contributed by atoms with Gasteiger partial charge in [-0.05, 0) is 43.4 Å². The summed E-state index contributed by atoms with van der Waals surface area (Å²) in [6, 6.07) is 4.40. The topological polar surface area (TPSA) is 47.0 Å². The molecule has 20 heavy (non-hydrogen) atoms. The number of ether oxygens (including phenoxy) is 1. The van der Waals surface area contributed by atoms with Gasteiger partial charge in [-0.25, -0.2) is 0 Å². The molecule has 108 valence electrons. The fourth-order valence-corrected chi connectivity index (χ4v) is 3.06. The van der Waals surface area contributed by atoms with Crippen LogP contribution in [0, 0.1) is 20.8 Å². The number of aromatic nitrogens is 2. The molecule has 0 aliphatic carbocycles. The Kier molecular flexibility index (Phi) is 5.23. The van der Waals surface area contributed by atoms with Crippen molar-refractivity contribution in [1.82, 2.24) is 14.9 Å². The number of hydrogen-bond acceptors (Lipinski definition) is 5. The fourth-order valence-electron chi connectivity index (χ4n) is 2.44. The van der Waals surface area contributed by atoms with Gasteiger partial charge in [0.1, 0.15) is 5.69 Å². The summed E-state index contributed by atoms with van der Waals surface area (Å²) in [6.07, 6.45) is 0. The first-order valence-electron chi connectivity index (χ1n) is 6.72. The minimum atomic E-state index is 0.712. The normalized spacial score (nSPS) is 11.0. The summed E-state index contributed by atoms with van der Waals surface area (Å²) in [4.78, 5) is 1.18. The molecular weight excluding hydrogens is 270 g/mol. The Bertz CT molecular complexity index is 557. The van der Waals surface area contributed by atoms with E-state index in [2.05, 4.69) is 47.8 Å². The van der Waals surface area contributed by atoms with Crippen LogP contribution in [0.15, 0.2) is 12.1 Å². The maximum Gasteiger partial charge on any atom is 0.110 e. The number of benzene rings is 1. The second kappa shape index (κ2) is 6.92. The van der Waals surface area contributed by atoms with E-state index in [1.807, 2.05) is 0 Å². The molecule has 1 N–H and O–H groups in total. The zero-order valence-electron chi connectivity index (χ0n) is 12.5. The Morgan fingerprint density at radius 2 is 1.90 bits per heavy atom. The van der Waals surface area contributed by atoms with E-state index >= 15 is 0 Å². The minimum absolute atomic E-state index is 0.712. The number of nitrogens with zero attached hydrogens (tertiary/aromatic N) is 2. The van der Waals surface area contributed by atoms with Gasteiger partial charge < -0.3 is 10.1 Å². The lowest BCUT2D eigenvalue weighted by molar-refractivity contribution is 0.199. The van der Waals surface area contributed by atoms with Gasteiger partial charge in [0.2, 0.25) is 0 Å². The van der Waals surface area contributed by atoms with Gasteiger partial charge in [0.25, 0.3) is 0 Å². The Morgan fingerprint density at radius 1 is 1.20 bits per heavy atom. The molecule has 0 atom stereocenters. The van der Waals surface area contributed by atoms with Gasteiger partial charge in [-0.3, -0.25) is 0 Å². The highest BCUT2D eigenvalue weighted by atomic mass is 32.1. The smallest absolute Gasteiger partial charge is 0.110 e. The molecule has 4 nitrogen and oxygen atoms in total. The van der Waals surface area contributed by atoms with Crippen molar-refractivity contribution in [1.29, 1.82) is 0 Å². The number of methoxy groups -OCH3 is 1. The first-order valence-corrected chi connectivity index (χ1v) is 7.50. The van der Waals surface area contributed by atoms with Crippen molar-refractivity contribution in [2.75, 3.05) is 20.3 Å². The largest absolute Gasteiger partial charge is 0.383 e. The number of nitrogens with one attached hydrogen (secondary N) is 1. The zero-order valence-corrected chi connectivity index (χ0v) is 13.3. The molecule has 0 spiro atoms. The molecule has 0 fully saturated rings. The van der Waals surface area contributed by atoms with Crippen LogP contribution < -0.4 is 5.32 Å². The zero-order chi connectivity index (χ0) is 14.5. The van der Waals surface area contributed by atoms with Crippen molar-refractivity contribution < 1.29 is 4.74 Å². The van der Waals surface area contributed by atoms with Gasteiger partial charge in [0.05, 0.1) is 11.5 Å². The highest BCUT2D eigenvalue weighted by Gasteiger charge is 2.15. The van der Waals surface area contributed by atoms with Gasteiger partial charge in [-0.15, -0.1) is 5.10 Å². The predicted octanol–water partition coefficient (Wildman–Crippen LogP) is 2.87. The van der Waals surface area contributed by atoms with Crippen LogP contribution in [0.1, 0.15) is 21.6 Å². The lowest BCUT2D eigenvalue weighted by Gasteiger charge is -2.10. The average Bonchev–Trinajstić information content (AvgIpc) is 2.82. The SMILES string of the molecule is COCCNCc1snnc1-c1c(C)cc(C)cc1C. The molecular formula is C15H21N3OS. The molecule has 1 aromatic heterocycles. The molecule has 0 amide bonds. The van der Waals surface area contributed by atoms with Crippen LogP contribution in [0.5, 0.6) is 0 Å². The van der Waals surface area contributed by atoms with Crippen molar-refractivity contribution in [3.8, 4) is 11.3 Å². The van der Waals surface area contributed by atoms with E-state index in [0.717, 1.165) is 18.8 Å². The minimum Gasteiger partial charge on any atom is -0.383 e. The van der Waals surface area contributed by atoms with Crippen LogP contribution in [0.4, 0.5) is 0 Å².